The first-order chi connectivity index (χ1) is 14.2. The van der Waals surface area contributed by atoms with E-state index in [0.717, 1.165) is 22.3 Å². The molecule has 0 radical (unpaired) electrons. The van der Waals surface area contributed by atoms with Gasteiger partial charge in [0.1, 0.15) is 5.60 Å². The van der Waals surface area contributed by atoms with E-state index in [1.54, 1.807) is 6.20 Å². The van der Waals surface area contributed by atoms with Crippen LogP contribution in [0.2, 0.25) is 19.6 Å². The summed E-state index contributed by atoms with van der Waals surface area (Å²) >= 11 is 0. The van der Waals surface area contributed by atoms with Crippen LogP contribution in [0.4, 0.5) is 0 Å². The van der Waals surface area contributed by atoms with Crippen molar-refractivity contribution in [3.05, 3.63) is 59.4 Å². The lowest BCUT2D eigenvalue weighted by atomic mass is 9.76. The monoisotopic (exact) mass is 439 g/mol. The van der Waals surface area contributed by atoms with Crippen molar-refractivity contribution in [2.45, 2.75) is 83.1 Å². The zero-order valence-corrected chi connectivity index (χ0v) is 20.9. The maximum Gasteiger partial charge on any atom is 0.494 e. The van der Waals surface area contributed by atoms with Crippen LogP contribution in [-0.4, -0.2) is 36.7 Å². The van der Waals surface area contributed by atoms with Crippen molar-refractivity contribution in [3.63, 3.8) is 0 Å². The molecule has 0 spiro atoms. The van der Waals surface area contributed by atoms with Gasteiger partial charge in [-0.1, -0.05) is 30.3 Å². The molecule has 1 aromatic heterocycles. The molecule has 2 unspecified atom stereocenters. The summed E-state index contributed by atoms with van der Waals surface area (Å²) in [7, 11) is -2.48. The zero-order chi connectivity index (χ0) is 22.9. The number of rotatable bonds is 4. The van der Waals surface area contributed by atoms with Crippen LogP contribution in [0.5, 0.6) is 0 Å². The highest BCUT2D eigenvalue weighted by Crippen LogP contribution is 2.52. The van der Waals surface area contributed by atoms with Crippen molar-refractivity contribution in [1.82, 2.24) is 4.98 Å². The molecule has 2 atom stereocenters. The maximum absolute atomic E-state index is 11.3. The van der Waals surface area contributed by atoms with Crippen LogP contribution in [0, 0.1) is 0 Å². The van der Waals surface area contributed by atoms with E-state index in [4.69, 9.17) is 18.7 Å². The van der Waals surface area contributed by atoms with Crippen molar-refractivity contribution < 1.29 is 18.8 Å². The lowest BCUT2D eigenvalue weighted by Gasteiger charge is -2.37. The van der Waals surface area contributed by atoms with Gasteiger partial charge in [-0.05, 0) is 71.4 Å². The summed E-state index contributed by atoms with van der Waals surface area (Å²) < 4.78 is 19.5. The van der Waals surface area contributed by atoms with Crippen LogP contribution in [0.1, 0.15) is 57.9 Å². The van der Waals surface area contributed by atoms with E-state index in [9.17, 15) is 5.11 Å². The van der Waals surface area contributed by atoms with Crippen LogP contribution in [-0.2, 0) is 24.9 Å². The molecule has 5 nitrogen and oxygen atoms in total. The molecular weight excluding hydrogens is 405 g/mol. The molecule has 4 rings (SSSR count). The Morgan fingerprint density at radius 2 is 1.65 bits per heavy atom. The van der Waals surface area contributed by atoms with Crippen molar-refractivity contribution in [1.29, 1.82) is 0 Å². The van der Waals surface area contributed by atoms with E-state index >= 15 is 0 Å². The average Bonchev–Trinajstić information content (AvgIpc) is 3.01. The highest BCUT2D eigenvalue weighted by atomic mass is 28.4. The topological polar surface area (TPSA) is 60.8 Å². The lowest BCUT2D eigenvalue weighted by molar-refractivity contribution is -0.00505. The first kappa shape index (κ1) is 22.7. The Balaban J connectivity index is 1.84. The van der Waals surface area contributed by atoms with Crippen molar-refractivity contribution in [3.8, 4) is 0 Å². The summed E-state index contributed by atoms with van der Waals surface area (Å²) in [6.45, 7) is 16.6. The molecule has 0 amide bonds. The SMILES string of the molecule is CC1(O)CC(O[Si](C)(C)C)(c2cccc(B3OC(C)(C)C(C)(C)O3)c2)c2ncccc21. The molecule has 1 fully saturated rings. The molecule has 1 N–H and O–H groups in total. The van der Waals surface area contributed by atoms with E-state index in [-0.39, 0.29) is 0 Å². The van der Waals surface area contributed by atoms with Crippen LogP contribution < -0.4 is 5.46 Å². The van der Waals surface area contributed by atoms with Gasteiger partial charge < -0.3 is 18.8 Å². The summed E-state index contributed by atoms with van der Waals surface area (Å²) in [5.41, 5.74) is 0.881. The summed E-state index contributed by atoms with van der Waals surface area (Å²) in [5.74, 6) is 0. The molecule has 1 aliphatic heterocycles. The number of hydrogen-bond acceptors (Lipinski definition) is 5. The molecule has 2 aliphatic rings. The molecule has 166 valence electrons. The van der Waals surface area contributed by atoms with Gasteiger partial charge in [0.05, 0.1) is 22.5 Å². The average molecular weight is 439 g/mol. The first-order valence-electron chi connectivity index (χ1n) is 11.0. The predicted molar refractivity (Wildman–Crippen MR) is 126 cm³/mol. The predicted octanol–water partition coefficient (Wildman–Crippen LogP) is 4.09. The summed E-state index contributed by atoms with van der Waals surface area (Å²) in [4.78, 5) is 4.72. The van der Waals surface area contributed by atoms with E-state index in [0.29, 0.717) is 6.42 Å². The van der Waals surface area contributed by atoms with E-state index in [2.05, 4.69) is 59.5 Å². The fourth-order valence-corrected chi connectivity index (χ4v) is 5.98. The number of pyridine rings is 1. The summed E-state index contributed by atoms with van der Waals surface area (Å²) in [5, 5.41) is 11.3. The Labute approximate surface area is 187 Å². The fourth-order valence-electron chi connectivity index (χ4n) is 4.65. The minimum atomic E-state index is -2.02. The maximum atomic E-state index is 11.3. The minimum Gasteiger partial charge on any atom is -0.402 e. The van der Waals surface area contributed by atoms with Gasteiger partial charge in [0.2, 0.25) is 0 Å². The second-order valence-electron chi connectivity index (χ2n) is 11.1. The van der Waals surface area contributed by atoms with Gasteiger partial charge in [0.25, 0.3) is 0 Å². The van der Waals surface area contributed by atoms with Gasteiger partial charge in [-0.3, -0.25) is 4.98 Å². The lowest BCUT2D eigenvalue weighted by Crippen LogP contribution is -2.43. The van der Waals surface area contributed by atoms with Gasteiger partial charge >= 0.3 is 7.12 Å². The van der Waals surface area contributed by atoms with Gasteiger partial charge in [-0.25, -0.2) is 0 Å². The van der Waals surface area contributed by atoms with Gasteiger partial charge in [0.15, 0.2) is 8.32 Å². The smallest absolute Gasteiger partial charge is 0.402 e. The quantitative estimate of drug-likeness (QED) is 0.728. The van der Waals surface area contributed by atoms with Crippen LogP contribution in [0.3, 0.4) is 0 Å². The third-order valence-electron chi connectivity index (χ3n) is 6.72. The van der Waals surface area contributed by atoms with E-state index in [1.807, 2.05) is 31.2 Å². The molecule has 7 heteroatoms. The first-order valence-corrected chi connectivity index (χ1v) is 14.4. The Kier molecular flexibility index (Phi) is 5.12. The highest BCUT2D eigenvalue weighted by Gasteiger charge is 2.55. The number of benzene rings is 1. The molecular formula is C24H34BNO4Si. The number of nitrogens with zero attached hydrogens (tertiary/aromatic N) is 1. The molecule has 2 aromatic rings. The second kappa shape index (κ2) is 6.99. The summed E-state index contributed by atoms with van der Waals surface area (Å²) in [6.07, 6.45) is 2.20. The molecule has 0 saturated carbocycles. The van der Waals surface area contributed by atoms with E-state index < -0.39 is 37.8 Å². The second-order valence-corrected chi connectivity index (χ2v) is 15.5. The highest BCUT2D eigenvalue weighted by molar-refractivity contribution is 6.69. The van der Waals surface area contributed by atoms with Crippen molar-refractivity contribution in [2.24, 2.45) is 0 Å². The number of hydrogen-bond donors (Lipinski definition) is 1. The summed E-state index contributed by atoms with van der Waals surface area (Å²) in [6, 6.07) is 12.0. The van der Waals surface area contributed by atoms with Crippen molar-refractivity contribution in [2.75, 3.05) is 0 Å². The largest absolute Gasteiger partial charge is 0.494 e. The normalized spacial score (nSPS) is 29.3. The Morgan fingerprint density at radius 3 is 2.26 bits per heavy atom. The fraction of sp³-hybridized carbons (Fsp3) is 0.542. The molecule has 1 aliphatic carbocycles. The van der Waals surface area contributed by atoms with E-state index in [1.165, 1.54) is 0 Å². The zero-order valence-electron chi connectivity index (χ0n) is 19.9. The van der Waals surface area contributed by atoms with Crippen molar-refractivity contribution >= 4 is 20.9 Å². The molecule has 1 saturated heterocycles. The van der Waals surface area contributed by atoms with Crippen LogP contribution >= 0.6 is 0 Å². The Bertz CT molecular complexity index is 981. The van der Waals surface area contributed by atoms with Crippen LogP contribution in [0.25, 0.3) is 0 Å². The number of aromatic nitrogens is 1. The number of aliphatic hydroxyl groups is 1. The molecule has 2 heterocycles. The Hall–Kier alpha value is -1.51. The minimum absolute atomic E-state index is 0.411. The molecule has 31 heavy (non-hydrogen) atoms. The molecule has 1 aromatic carbocycles. The van der Waals surface area contributed by atoms with Gasteiger partial charge in [-0.2, -0.15) is 0 Å². The molecule has 0 bridgehead atoms. The third-order valence-corrected chi connectivity index (χ3v) is 7.68. The van der Waals surface area contributed by atoms with Gasteiger partial charge in [-0.15, -0.1) is 0 Å². The van der Waals surface area contributed by atoms with Crippen LogP contribution in [0.15, 0.2) is 42.6 Å². The van der Waals surface area contributed by atoms with Gasteiger partial charge in [0, 0.05) is 18.2 Å². The standard InChI is InChI=1S/C24H34BNO4Si/c1-21(2)22(3,4)29-25(28-21)18-12-9-11-17(15-18)24(30-31(6,7)8)16-23(5,27)19-13-10-14-26-20(19)24/h9-15,27H,16H2,1-8H3. The Morgan fingerprint density at radius 1 is 1.00 bits per heavy atom. The third kappa shape index (κ3) is 3.81. The number of fused-ring (bicyclic) bond motifs is 1.